The summed E-state index contributed by atoms with van der Waals surface area (Å²) in [6, 6.07) is 0. The van der Waals surface area contributed by atoms with Crippen LogP contribution in [0.25, 0.3) is 0 Å². The minimum absolute atomic E-state index is 0.0463. The molecule has 1 aliphatic heterocycles. The van der Waals surface area contributed by atoms with Gasteiger partial charge >= 0.3 is 0 Å². The Hall–Kier alpha value is -1.32. The van der Waals surface area contributed by atoms with Crippen LogP contribution in [0, 0.1) is 0 Å². The van der Waals surface area contributed by atoms with Gasteiger partial charge in [0.15, 0.2) is 5.71 Å². The molecule has 0 radical (unpaired) electrons. The van der Waals surface area contributed by atoms with Crippen molar-refractivity contribution in [2.75, 3.05) is 0 Å². The molecule has 1 rings (SSSR count). The Bertz CT molecular complexity index is 171. The zero-order valence-electron chi connectivity index (χ0n) is 3.96. The molecule has 4 nitrogen and oxygen atoms in total. The molecule has 1 heterocycles. The Morgan fingerprint density at radius 1 is 1.75 bits per heavy atom. The van der Waals surface area contributed by atoms with Crippen LogP contribution in [0.1, 0.15) is 0 Å². The molecule has 4 heteroatoms. The van der Waals surface area contributed by atoms with E-state index < -0.39 is 0 Å². The van der Waals surface area contributed by atoms with Crippen molar-refractivity contribution in [1.29, 1.82) is 0 Å². The van der Waals surface area contributed by atoms with Gasteiger partial charge in [-0.2, -0.15) is 0 Å². The highest BCUT2D eigenvalue weighted by Gasteiger charge is 2.11. The van der Waals surface area contributed by atoms with Crippen LogP contribution in [0.2, 0.25) is 0 Å². The van der Waals surface area contributed by atoms with Crippen molar-refractivity contribution in [3.8, 4) is 0 Å². The molecule has 0 aliphatic carbocycles. The molecule has 0 bridgehead atoms. The Labute approximate surface area is 45.5 Å². The Kier molecular flexibility index (Phi) is 0.997. The van der Waals surface area contributed by atoms with Crippen LogP contribution >= 0.6 is 0 Å². The monoisotopic (exact) mass is 112 g/mol. The standard InChI is InChI=1S/C4H4N2O2/c7-4-3(6-8)1-2-5-4/h1-2,8H,(H,5,6,7). The highest BCUT2D eigenvalue weighted by atomic mass is 16.4. The van der Waals surface area contributed by atoms with E-state index >= 15 is 0 Å². The van der Waals surface area contributed by atoms with Gasteiger partial charge in [0.25, 0.3) is 5.91 Å². The van der Waals surface area contributed by atoms with Crippen molar-refractivity contribution < 1.29 is 10.0 Å². The Balaban J connectivity index is 2.82. The van der Waals surface area contributed by atoms with E-state index in [0.29, 0.717) is 0 Å². The largest absolute Gasteiger partial charge is 0.410 e. The fourth-order valence-corrected chi connectivity index (χ4v) is 0.425. The van der Waals surface area contributed by atoms with E-state index in [1.54, 1.807) is 0 Å². The van der Waals surface area contributed by atoms with Crippen molar-refractivity contribution in [3.63, 3.8) is 0 Å². The smallest absolute Gasteiger partial charge is 0.277 e. The van der Waals surface area contributed by atoms with E-state index in [-0.39, 0.29) is 11.6 Å². The second-order valence-electron chi connectivity index (χ2n) is 1.29. The third-order valence-electron chi connectivity index (χ3n) is 0.796. The number of hydrogen-bond donors (Lipinski definition) is 2. The van der Waals surface area contributed by atoms with Crippen molar-refractivity contribution >= 4 is 11.6 Å². The third-order valence-corrected chi connectivity index (χ3v) is 0.796. The first-order chi connectivity index (χ1) is 3.84. The van der Waals surface area contributed by atoms with E-state index in [1.807, 2.05) is 0 Å². The van der Waals surface area contributed by atoms with E-state index in [4.69, 9.17) is 5.21 Å². The van der Waals surface area contributed by atoms with Gasteiger partial charge in [-0.3, -0.25) is 4.79 Å². The summed E-state index contributed by atoms with van der Waals surface area (Å²) in [5.74, 6) is -0.368. The molecule has 8 heavy (non-hydrogen) atoms. The predicted molar refractivity (Wildman–Crippen MR) is 26.5 cm³/mol. The van der Waals surface area contributed by atoms with Crippen LogP contribution in [0.4, 0.5) is 0 Å². The molecule has 0 saturated carbocycles. The van der Waals surface area contributed by atoms with Crippen LogP contribution in [0.5, 0.6) is 0 Å². The van der Waals surface area contributed by atoms with Gasteiger partial charge in [0.2, 0.25) is 0 Å². The van der Waals surface area contributed by atoms with Crippen molar-refractivity contribution in [1.82, 2.24) is 5.32 Å². The Morgan fingerprint density at radius 2 is 2.50 bits per heavy atom. The number of rotatable bonds is 0. The molecular weight excluding hydrogens is 108 g/mol. The first-order valence-electron chi connectivity index (χ1n) is 2.04. The maximum Gasteiger partial charge on any atom is 0.277 e. The first-order valence-corrected chi connectivity index (χ1v) is 2.04. The van der Waals surface area contributed by atoms with Crippen LogP contribution < -0.4 is 5.32 Å². The lowest BCUT2D eigenvalue weighted by Crippen LogP contribution is -2.18. The molecule has 0 aromatic carbocycles. The molecule has 0 saturated heterocycles. The molecule has 0 fully saturated rings. The molecule has 42 valence electrons. The van der Waals surface area contributed by atoms with Gasteiger partial charge in [-0.05, 0) is 6.08 Å². The van der Waals surface area contributed by atoms with E-state index in [1.165, 1.54) is 12.3 Å². The zero-order valence-corrected chi connectivity index (χ0v) is 3.96. The summed E-state index contributed by atoms with van der Waals surface area (Å²) >= 11 is 0. The number of oxime groups is 1. The number of hydrogen-bond acceptors (Lipinski definition) is 3. The highest BCUT2D eigenvalue weighted by molar-refractivity contribution is 6.45. The zero-order chi connectivity index (χ0) is 5.98. The quantitative estimate of drug-likeness (QED) is 0.326. The minimum Gasteiger partial charge on any atom is -0.410 e. The third kappa shape index (κ3) is 0.556. The van der Waals surface area contributed by atoms with E-state index in [0.717, 1.165) is 0 Å². The topological polar surface area (TPSA) is 61.7 Å². The molecule has 0 atom stereocenters. The lowest BCUT2D eigenvalue weighted by Gasteiger charge is -1.83. The van der Waals surface area contributed by atoms with Crippen LogP contribution in [0.15, 0.2) is 17.4 Å². The molecule has 0 unspecified atom stereocenters. The van der Waals surface area contributed by atoms with Gasteiger partial charge in [-0.25, -0.2) is 0 Å². The van der Waals surface area contributed by atoms with Crippen molar-refractivity contribution in [2.24, 2.45) is 5.16 Å². The van der Waals surface area contributed by atoms with Gasteiger partial charge in [-0.1, -0.05) is 5.16 Å². The second-order valence-corrected chi connectivity index (χ2v) is 1.29. The normalized spacial score (nSPS) is 22.0. The maximum absolute atomic E-state index is 10.3. The van der Waals surface area contributed by atoms with Gasteiger partial charge in [0, 0.05) is 6.20 Å². The summed E-state index contributed by atoms with van der Waals surface area (Å²) < 4.78 is 0. The summed E-state index contributed by atoms with van der Waals surface area (Å²) in [5.41, 5.74) is 0.0463. The average molecular weight is 112 g/mol. The van der Waals surface area contributed by atoms with E-state index in [2.05, 4.69) is 10.5 Å². The second kappa shape index (κ2) is 1.65. The predicted octanol–water partition coefficient (Wildman–Crippen LogP) is -0.540. The van der Waals surface area contributed by atoms with Crippen LogP contribution in [0.3, 0.4) is 0 Å². The molecule has 0 aromatic heterocycles. The number of nitrogens with one attached hydrogen (secondary N) is 1. The number of amides is 1. The lowest BCUT2D eigenvalue weighted by atomic mass is 10.4. The van der Waals surface area contributed by atoms with Gasteiger partial charge in [0.05, 0.1) is 0 Å². The fourth-order valence-electron chi connectivity index (χ4n) is 0.425. The molecule has 1 amide bonds. The highest BCUT2D eigenvalue weighted by Crippen LogP contribution is 1.87. The maximum atomic E-state index is 10.3. The Morgan fingerprint density at radius 3 is 2.75 bits per heavy atom. The van der Waals surface area contributed by atoms with Crippen molar-refractivity contribution in [3.05, 3.63) is 12.3 Å². The summed E-state index contributed by atoms with van der Waals surface area (Å²) in [6.45, 7) is 0. The average Bonchev–Trinajstić information content (AvgIpc) is 2.14. The first kappa shape index (κ1) is 4.83. The van der Waals surface area contributed by atoms with Crippen molar-refractivity contribution in [2.45, 2.75) is 0 Å². The minimum atomic E-state index is -0.368. The number of nitrogens with zero attached hydrogens (tertiary/aromatic N) is 1. The molecule has 0 spiro atoms. The van der Waals surface area contributed by atoms with Gasteiger partial charge in [-0.15, -0.1) is 0 Å². The summed E-state index contributed by atoms with van der Waals surface area (Å²) in [4.78, 5) is 10.3. The van der Waals surface area contributed by atoms with Crippen LogP contribution in [-0.2, 0) is 4.79 Å². The van der Waals surface area contributed by atoms with Gasteiger partial charge < -0.3 is 10.5 Å². The number of carbonyl (C=O) groups is 1. The summed E-state index contributed by atoms with van der Waals surface area (Å²) in [7, 11) is 0. The fraction of sp³-hybridized carbons (Fsp3) is 0. The molecule has 1 aliphatic rings. The van der Waals surface area contributed by atoms with Crippen LogP contribution in [-0.4, -0.2) is 16.8 Å². The summed E-state index contributed by atoms with van der Waals surface area (Å²) in [6.07, 6.45) is 2.81. The number of carbonyl (C=O) groups excluding carboxylic acids is 1. The van der Waals surface area contributed by atoms with E-state index in [9.17, 15) is 4.79 Å². The molecular formula is C4H4N2O2. The SMILES string of the molecule is O=C1NC=CC1=NO. The molecule has 2 N–H and O–H groups in total. The molecule has 0 aromatic rings. The summed E-state index contributed by atoms with van der Waals surface area (Å²) in [5, 5.41) is 13.0. The van der Waals surface area contributed by atoms with Gasteiger partial charge in [0.1, 0.15) is 0 Å². The lowest BCUT2D eigenvalue weighted by molar-refractivity contribution is -0.113.